The summed E-state index contributed by atoms with van der Waals surface area (Å²) in [5, 5.41) is 9.26. The fraction of sp³-hybridized carbons (Fsp3) is 0.188. The number of carboxylic acid groups (broad SMARTS) is 1. The van der Waals surface area contributed by atoms with Crippen LogP contribution in [0.5, 0.6) is 17.2 Å². The molecule has 0 aromatic heterocycles. The Morgan fingerprint density at radius 1 is 1.00 bits per heavy atom. The molecule has 10 heteroatoms. The maximum atomic E-state index is 12.8. The van der Waals surface area contributed by atoms with E-state index in [0.717, 1.165) is 6.07 Å². The van der Waals surface area contributed by atoms with Gasteiger partial charge >= 0.3 is 5.97 Å². The lowest BCUT2D eigenvalue weighted by Gasteiger charge is -2.16. The van der Waals surface area contributed by atoms with Crippen LogP contribution in [0.1, 0.15) is 10.4 Å². The van der Waals surface area contributed by atoms with Gasteiger partial charge in [0.05, 0.1) is 37.6 Å². The van der Waals surface area contributed by atoms with E-state index in [4.69, 9.17) is 30.9 Å². The molecule has 2 aromatic carbocycles. The highest BCUT2D eigenvalue weighted by atomic mass is 35.5. The van der Waals surface area contributed by atoms with Gasteiger partial charge in [0.15, 0.2) is 0 Å². The van der Waals surface area contributed by atoms with Gasteiger partial charge < -0.3 is 19.3 Å². The molecule has 8 nitrogen and oxygen atoms in total. The molecule has 0 aliphatic heterocycles. The summed E-state index contributed by atoms with van der Waals surface area (Å²) in [6, 6.07) is 6.25. The van der Waals surface area contributed by atoms with E-state index in [-0.39, 0.29) is 32.7 Å². The van der Waals surface area contributed by atoms with Gasteiger partial charge in [-0.3, -0.25) is 4.72 Å². The van der Waals surface area contributed by atoms with Crippen molar-refractivity contribution in [2.45, 2.75) is 4.90 Å². The van der Waals surface area contributed by atoms with Crippen LogP contribution >= 0.6 is 11.6 Å². The molecule has 0 heterocycles. The molecule has 140 valence electrons. The number of sulfonamides is 1. The molecular formula is C16H16ClNO7S. The Balaban J connectivity index is 2.55. The zero-order chi connectivity index (χ0) is 19.5. The van der Waals surface area contributed by atoms with Gasteiger partial charge in [-0.25, -0.2) is 13.2 Å². The average Bonchev–Trinajstić information content (AvgIpc) is 2.61. The Morgan fingerprint density at radius 2 is 1.62 bits per heavy atom. The first kappa shape index (κ1) is 19.7. The minimum absolute atomic E-state index is 0.0129. The highest BCUT2D eigenvalue weighted by molar-refractivity contribution is 7.92. The number of hydrogen-bond donors (Lipinski definition) is 2. The smallest absolute Gasteiger partial charge is 0.335 e. The number of carboxylic acids is 1. The zero-order valence-corrected chi connectivity index (χ0v) is 15.6. The molecule has 2 rings (SSSR count). The zero-order valence-electron chi connectivity index (χ0n) is 14.1. The predicted octanol–water partition coefficient (Wildman–Crippen LogP) is 2.86. The van der Waals surface area contributed by atoms with E-state index in [9.17, 15) is 13.2 Å². The molecule has 0 aliphatic rings. The number of methoxy groups -OCH3 is 3. The number of halogens is 1. The van der Waals surface area contributed by atoms with Crippen LogP contribution in [0, 0.1) is 0 Å². The molecular weight excluding hydrogens is 386 g/mol. The van der Waals surface area contributed by atoms with Crippen LogP contribution < -0.4 is 18.9 Å². The third-order valence-electron chi connectivity index (χ3n) is 3.42. The van der Waals surface area contributed by atoms with Crippen LogP contribution in [0.3, 0.4) is 0 Å². The van der Waals surface area contributed by atoms with Gasteiger partial charge in [0.1, 0.15) is 22.1 Å². The van der Waals surface area contributed by atoms with Crippen LogP contribution in [0.2, 0.25) is 5.02 Å². The highest BCUT2D eigenvalue weighted by Crippen LogP contribution is 2.37. The normalized spacial score (nSPS) is 10.9. The Hall–Kier alpha value is -2.65. The number of nitrogens with one attached hydrogen (secondary N) is 1. The van der Waals surface area contributed by atoms with Crippen LogP contribution in [-0.2, 0) is 10.0 Å². The Kier molecular flexibility index (Phi) is 5.83. The first-order valence-corrected chi connectivity index (χ1v) is 8.95. The first-order valence-electron chi connectivity index (χ1n) is 7.09. The van der Waals surface area contributed by atoms with E-state index < -0.39 is 16.0 Å². The van der Waals surface area contributed by atoms with Gasteiger partial charge in [-0.15, -0.1) is 0 Å². The summed E-state index contributed by atoms with van der Waals surface area (Å²) < 4.78 is 43.1. The number of hydrogen-bond acceptors (Lipinski definition) is 6. The first-order chi connectivity index (χ1) is 12.2. The Labute approximate surface area is 155 Å². The van der Waals surface area contributed by atoms with E-state index in [2.05, 4.69) is 4.72 Å². The van der Waals surface area contributed by atoms with E-state index in [1.165, 1.54) is 45.6 Å². The summed E-state index contributed by atoms with van der Waals surface area (Å²) in [4.78, 5) is 10.8. The topological polar surface area (TPSA) is 111 Å². The SMILES string of the molecule is COc1cc(OC)c(NS(=O)(=O)c2cc(C(=O)O)ccc2OC)cc1Cl. The standard InChI is InChI=1S/C16H16ClNO7S/c1-23-12-5-4-9(16(19)20)6-15(12)26(21,22)18-11-7-10(17)13(24-2)8-14(11)25-3/h4-8,18H,1-3H3,(H,19,20). The van der Waals surface area contributed by atoms with Crippen molar-refractivity contribution in [3.05, 3.63) is 40.9 Å². The number of aromatic carboxylic acids is 1. The van der Waals surface area contributed by atoms with Gasteiger partial charge in [-0.2, -0.15) is 0 Å². The lowest BCUT2D eigenvalue weighted by atomic mass is 10.2. The van der Waals surface area contributed by atoms with Gasteiger partial charge in [-0.1, -0.05) is 11.6 Å². The second kappa shape index (κ2) is 7.71. The highest BCUT2D eigenvalue weighted by Gasteiger charge is 2.24. The van der Waals surface area contributed by atoms with E-state index >= 15 is 0 Å². The summed E-state index contributed by atoms with van der Waals surface area (Å²) in [5.74, 6) is -0.810. The summed E-state index contributed by atoms with van der Waals surface area (Å²) >= 11 is 6.04. The van der Waals surface area contributed by atoms with Crippen molar-refractivity contribution in [3.63, 3.8) is 0 Å². The van der Waals surface area contributed by atoms with Crippen molar-refractivity contribution in [1.29, 1.82) is 0 Å². The van der Waals surface area contributed by atoms with Crippen molar-refractivity contribution >= 4 is 33.3 Å². The Bertz CT molecular complexity index is 944. The Morgan fingerprint density at radius 3 is 2.15 bits per heavy atom. The molecule has 2 aromatic rings. The van der Waals surface area contributed by atoms with Crippen LogP contribution in [0.15, 0.2) is 35.2 Å². The van der Waals surface area contributed by atoms with Crippen molar-refractivity contribution < 1.29 is 32.5 Å². The average molecular weight is 402 g/mol. The van der Waals surface area contributed by atoms with E-state index in [1.54, 1.807) is 0 Å². The molecule has 0 bridgehead atoms. The van der Waals surface area contributed by atoms with Gasteiger partial charge in [0.2, 0.25) is 0 Å². The summed E-state index contributed by atoms with van der Waals surface area (Å²) in [5.41, 5.74) is -0.146. The lowest BCUT2D eigenvalue weighted by Crippen LogP contribution is -2.15. The summed E-state index contributed by atoms with van der Waals surface area (Å²) in [6.07, 6.45) is 0. The van der Waals surface area contributed by atoms with Crippen LogP contribution in [0.25, 0.3) is 0 Å². The fourth-order valence-electron chi connectivity index (χ4n) is 2.16. The van der Waals surface area contributed by atoms with Crippen molar-refractivity contribution in [3.8, 4) is 17.2 Å². The molecule has 0 spiro atoms. The molecule has 0 atom stereocenters. The minimum atomic E-state index is -4.20. The quantitative estimate of drug-likeness (QED) is 0.733. The molecule has 0 unspecified atom stereocenters. The monoisotopic (exact) mass is 401 g/mol. The minimum Gasteiger partial charge on any atom is -0.495 e. The van der Waals surface area contributed by atoms with Gasteiger partial charge in [0, 0.05) is 6.07 Å². The second-order valence-corrected chi connectivity index (χ2v) is 7.02. The number of carbonyl (C=O) groups is 1. The largest absolute Gasteiger partial charge is 0.495 e. The number of benzene rings is 2. The van der Waals surface area contributed by atoms with E-state index in [1.807, 2.05) is 0 Å². The van der Waals surface area contributed by atoms with Gasteiger partial charge in [0.25, 0.3) is 10.0 Å². The van der Waals surface area contributed by atoms with Crippen LogP contribution in [0.4, 0.5) is 5.69 Å². The number of anilines is 1. The van der Waals surface area contributed by atoms with Crippen LogP contribution in [-0.4, -0.2) is 40.8 Å². The predicted molar refractivity (Wildman–Crippen MR) is 95.3 cm³/mol. The molecule has 0 aliphatic carbocycles. The number of rotatable bonds is 7. The molecule has 2 N–H and O–H groups in total. The molecule has 0 saturated carbocycles. The van der Waals surface area contributed by atoms with Crippen molar-refractivity contribution in [2.75, 3.05) is 26.1 Å². The van der Waals surface area contributed by atoms with E-state index in [0.29, 0.717) is 5.75 Å². The summed E-state index contributed by atoms with van der Waals surface area (Å²) in [6.45, 7) is 0. The van der Waals surface area contributed by atoms with Gasteiger partial charge in [-0.05, 0) is 24.3 Å². The second-order valence-electron chi connectivity index (χ2n) is 4.96. The number of ether oxygens (including phenoxy) is 3. The summed E-state index contributed by atoms with van der Waals surface area (Å²) in [7, 11) is -0.159. The fourth-order valence-corrected chi connectivity index (χ4v) is 3.66. The molecule has 0 radical (unpaired) electrons. The molecule has 0 amide bonds. The molecule has 0 saturated heterocycles. The third-order valence-corrected chi connectivity index (χ3v) is 5.10. The van der Waals surface area contributed by atoms with Crippen molar-refractivity contribution in [2.24, 2.45) is 0 Å². The lowest BCUT2D eigenvalue weighted by molar-refractivity contribution is 0.0696. The maximum absolute atomic E-state index is 12.8. The third kappa shape index (κ3) is 3.94. The molecule has 0 fully saturated rings. The van der Waals surface area contributed by atoms with Crippen molar-refractivity contribution in [1.82, 2.24) is 0 Å². The maximum Gasteiger partial charge on any atom is 0.335 e. The molecule has 26 heavy (non-hydrogen) atoms.